The number of carbonyl (C=O) groups is 2. The molecule has 0 saturated carbocycles. The number of anilines is 1. The van der Waals surface area contributed by atoms with Crippen LogP contribution in [0, 0.1) is 12.8 Å². The zero-order chi connectivity index (χ0) is 17.8. The van der Waals surface area contributed by atoms with E-state index in [2.05, 4.69) is 16.7 Å². The van der Waals surface area contributed by atoms with Crippen LogP contribution in [0.2, 0.25) is 0 Å². The van der Waals surface area contributed by atoms with E-state index in [0.29, 0.717) is 18.8 Å². The van der Waals surface area contributed by atoms with Gasteiger partial charge in [-0.15, -0.1) is 0 Å². The summed E-state index contributed by atoms with van der Waals surface area (Å²) in [4.78, 5) is 26.6. The zero-order valence-corrected chi connectivity index (χ0v) is 14.8. The summed E-state index contributed by atoms with van der Waals surface area (Å²) < 4.78 is 5.38. The number of hydrogen-bond donors (Lipinski definition) is 2. The maximum Gasteiger partial charge on any atom is 0.227 e. The summed E-state index contributed by atoms with van der Waals surface area (Å²) in [6.45, 7) is 4.74. The Kier molecular flexibility index (Phi) is 5.38. The van der Waals surface area contributed by atoms with Crippen molar-refractivity contribution < 1.29 is 14.3 Å². The topological polar surface area (TPSA) is 70.7 Å². The Morgan fingerprint density at radius 2 is 2.28 bits per heavy atom. The first-order valence-corrected chi connectivity index (χ1v) is 8.70. The first-order valence-electron chi connectivity index (χ1n) is 8.70. The van der Waals surface area contributed by atoms with Crippen LogP contribution in [0.1, 0.15) is 18.4 Å². The van der Waals surface area contributed by atoms with Crippen LogP contribution in [0.25, 0.3) is 0 Å². The van der Waals surface area contributed by atoms with Crippen LogP contribution in [0.4, 0.5) is 5.69 Å². The second kappa shape index (κ2) is 7.70. The molecule has 134 valence electrons. The Morgan fingerprint density at radius 3 is 3.00 bits per heavy atom. The van der Waals surface area contributed by atoms with Gasteiger partial charge in [-0.2, -0.15) is 0 Å². The average molecular weight is 343 g/mol. The first kappa shape index (κ1) is 17.5. The lowest BCUT2D eigenvalue weighted by molar-refractivity contribution is -0.126. The molecule has 1 unspecified atom stereocenters. The van der Waals surface area contributed by atoms with Crippen LogP contribution in [0.15, 0.2) is 29.8 Å². The highest BCUT2D eigenvalue weighted by molar-refractivity contribution is 6.01. The van der Waals surface area contributed by atoms with Gasteiger partial charge in [0.05, 0.1) is 18.7 Å². The van der Waals surface area contributed by atoms with Crippen molar-refractivity contribution in [1.29, 1.82) is 0 Å². The van der Waals surface area contributed by atoms with Crippen LogP contribution < -0.4 is 20.3 Å². The van der Waals surface area contributed by atoms with Crippen molar-refractivity contribution in [3.05, 3.63) is 35.4 Å². The molecule has 2 aliphatic rings. The molecule has 1 aromatic rings. The molecule has 2 N–H and O–H groups in total. The highest BCUT2D eigenvalue weighted by Crippen LogP contribution is 2.33. The molecule has 2 aliphatic heterocycles. The number of nitrogens with zero attached hydrogens (tertiary/aromatic N) is 1. The molecular weight excluding hydrogens is 318 g/mol. The van der Waals surface area contributed by atoms with Crippen molar-refractivity contribution in [2.75, 3.05) is 38.2 Å². The zero-order valence-electron chi connectivity index (χ0n) is 14.8. The van der Waals surface area contributed by atoms with Crippen molar-refractivity contribution in [3.8, 4) is 5.75 Å². The van der Waals surface area contributed by atoms with Crippen LogP contribution >= 0.6 is 0 Å². The second-order valence-electron chi connectivity index (χ2n) is 6.61. The molecule has 0 aliphatic carbocycles. The number of carbonyl (C=O) groups excluding carboxylic acids is 2. The lowest BCUT2D eigenvalue weighted by atomic mass is 10.1. The van der Waals surface area contributed by atoms with E-state index in [-0.39, 0.29) is 24.2 Å². The molecule has 1 aromatic carbocycles. The first-order chi connectivity index (χ1) is 12.1. The van der Waals surface area contributed by atoms with Crippen LogP contribution in [-0.2, 0) is 9.59 Å². The minimum atomic E-state index is -0.319. The standard InChI is InChI=1S/C19H25N3O3/c1-13-3-4-17(25-2)16(9-13)22-12-15(10-18(22)23)19(24)21-11-14-5-7-20-8-6-14/h3-5,9,15,20H,6-8,10-12H2,1-2H3,(H,21,24). The fraction of sp³-hybridized carbons (Fsp3) is 0.474. The van der Waals surface area contributed by atoms with E-state index in [1.807, 2.05) is 25.1 Å². The summed E-state index contributed by atoms with van der Waals surface area (Å²) in [5, 5.41) is 6.23. The maximum atomic E-state index is 12.5. The van der Waals surface area contributed by atoms with Gasteiger partial charge < -0.3 is 20.3 Å². The lowest BCUT2D eigenvalue weighted by Crippen LogP contribution is -2.35. The predicted octanol–water partition coefficient (Wildman–Crippen LogP) is 1.39. The summed E-state index contributed by atoms with van der Waals surface area (Å²) in [5.74, 6) is 0.243. The quantitative estimate of drug-likeness (QED) is 0.793. The van der Waals surface area contributed by atoms with E-state index >= 15 is 0 Å². The summed E-state index contributed by atoms with van der Waals surface area (Å²) in [5.41, 5.74) is 3.03. The van der Waals surface area contributed by atoms with Gasteiger partial charge in [0.2, 0.25) is 11.8 Å². The summed E-state index contributed by atoms with van der Waals surface area (Å²) in [7, 11) is 1.59. The molecule has 6 nitrogen and oxygen atoms in total. The van der Waals surface area contributed by atoms with E-state index in [4.69, 9.17) is 4.74 Å². The fourth-order valence-corrected chi connectivity index (χ4v) is 3.30. The minimum absolute atomic E-state index is 0.0369. The molecule has 2 amide bonds. The normalized spacial score (nSPS) is 20.4. The summed E-state index contributed by atoms with van der Waals surface area (Å²) in [6, 6.07) is 5.73. The molecule has 0 radical (unpaired) electrons. The predicted molar refractivity (Wildman–Crippen MR) is 96.8 cm³/mol. The number of amides is 2. The molecule has 1 atom stereocenters. The van der Waals surface area contributed by atoms with Gasteiger partial charge in [0.15, 0.2) is 0 Å². The van der Waals surface area contributed by atoms with E-state index in [1.54, 1.807) is 12.0 Å². The molecule has 1 fully saturated rings. The minimum Gasteiger partial charge on any atom is -0.495 e. The highest BCUT2D eigenvalue weighted by atomic mass is 16.5. The molecule has 6 heteroatoms. The van der Waals surface area contributed by atoms with E-state index in [1.165, 1.54) is 5.57 Å². The van der Waals surface area contributed by atoms with Gasteiger partial charge in [0.25, 0.3) is 0 Å². The largest absolute Gasteiger partial charge is 0.495 e. The van der Waals surface area contributed by atoms with Crippen LogP contribution in [0.3, 0.4) is 0 Å². The smallest absolute Gasteiger partial charge is 0.227 e. The van der Waals surface area contributed by atoms with Crippen LogP contribution in [-0.4, -0.2) is 45.1 Å². The van der Waals surface area contributed by atoms with E-state index < -0.39 is 0 Å². The number of methoxy groups -OCH3 is 1. The summed E-state index contributed by atoms with van der Waals surface area (Å²) in [6.07, 6.45) is 3.31. The number of rotatable bonds is 5. The van der Waals surface area contributed by atoms with Crippen LogP contribution in [0.5, 0.6) is 5.75 Å². The van der Waals surface area contributed by atoms with E-state index in [9.17, 15) is 9.59 Å². The van der Waals surface area contributed by atoms with Gasteiger partial charge in [-0.3, -0.25) is 9.59 Å². The molecule has 25 heavy (non-hydrogen) atoms. The fourth-order valence-electron chi connectivity index (χ4n) is 3.30. The number of ether oxygens (including phenoxy) is 1. The average Bonchev–Trinajstić information content (AvgIpc) is 3.02. The molecule has 0 bridgehead atoms. The lowest BCUT2D eigenvalue weighted by Gasteiger charge is -2.20. The van der Waals surface area contributed by atoms with Crippen molar-refractivity contribution in [2.45, 2.75) is 19.8 Å². The van der Waals surface area contributed by atoms with Gasteiger partial charge in [-0.25, -0.2) is 0 Å². The van der Waals surface area contributed by atoms with E-state index in [0.717, 1.165) is 30.8 Å². The van der Waals surface area contributed by atoms with Crippen molar-refractivity contribution >= 4 is 17.5 Å². The Bertz CT molecular complexity index is 699. The Hall–Kier alpha value is -2.34. The highest BCUT2D eigenvalue weighted by Gasteiger charge is 2.36. The van der Waals surface area contributed by atoms with Gasteiger partial charge in [-0.05, 0) is 37.6 Å². The number of nitrogens with one attached hydrogen (secondary N) is 2. The molecule has 2 heterocycles. The molecule has 1 saturated heterocycles. The SMILES string of the molecule is COc1ccc(C)cc1N1CC(C(=O)NCC2=CCNCC2)CC1=O. The third kappa shape index (κ3) is 4.02. The van der Waals surface area contributed by atoms with Gasteiger partial charge in [0.1, 0.15) is 5.75 Å². The number of hydrogen-bond acceptors (Lipinski definition) is 4. The molecule has 3 rings (SSSR count). The molecule has 0 aromatic heterocycles. The Balaban J connectivity index is 1.65. The summed E-state index contributed by atoms with van der Waals surface area (Å²) >= 11 is 0. The number of benzene rings is 1. The van der Waals surface area contributed by atoms with Gasteiger partial charge in [0, 0.05) is 26.1 Å². The van der Waals surface area contributed by atoms with Crippen molar-refractivity contribution in [3.63, 3.8) is 0 Å². The second-order valence-corrected chi connectivity index (χ2v) is 6.61. The van der Waals surface area contributed by atoms with Gasteiger partial charge >= 0.3 is 0 Å². The maximum absolute atomic E-state index is 12.5. The van der Waals surface area contributed by atoms with Gasteiger partial charge in [-0.1, -0.05) is 17.7 Å². The molecule has 0 spiro atoms. The third-order valence-corrected chi connectivity index (χ3v) is 4.77. The molecular formula is C19H25N3O3. The Labute approximate surface area is 148 Å². The number of aryl methyl sites for hydroxylation is 1. The Morgan fingerprint density at radius 1 is 1.44 bits per heavy atom. The monoisotopic (exact) mass is 343 g/mol. The van der Waals surface area contributed by atoms with Crippen molar-refractivity contribution in [1.82, 2.24) is 10.6 Å². The third-order valence-electron chi connectivity index (χ3n) is 4.77. The van der Waals surface area contributed by atoms with Crippen molar-refractivity contribution in [2.24, 2.45) is 5.92 Å².